The minimum absolute atomic E-state index is 0.215. The van der Waals surface area contributed by atoms with Crippen molar-refractivity contribution in [2.75, 3.05) is 0 Å². The highest BCUT2D eigenvalue weighted by molar-refractivity contribution is 9.10. The summed E-state index contributed by atoms with van der Waals surface area (Å²) in [5.74, 6) is 1.18. The number of halogens is 1. The van der Waals surface area contributed by atoms with E-state index in [1.165, 1.54) is 0 Å². The molecule has 0 unspecified atom stereocenters. The molecule has 22 heavy (non-hydrogen) atoms. The van der Waals surface area contributed by atoms with Gasteiger partial charge < -0.3 is 4.43 Å². The van der Waals surface area contributed by atoms with E-state index in [-0.39, 0.29) is 5.04 Å². The maximum absolute atomic E-state index is 6.29. The average molecular weight is 384 g/mol. The van der Waals surface area contributed by atoms with Gasteiger partial charge >= 0.3 is 0 Å². The van der Waals surface area contributed by atoms with Crippen LogP contribution in [0.25, 0.3) is 5.65 Å². The van der Waals surface area contributed by atoms with E-state index in [4.69, 9.17) is 4.43 Å². The summed E-state index contributed by atoms with van der Waals surface area (Å²) in [6, 6.07) is 2.08. The largest absolute Gasteiger partial charge is 0.413 e. The monoisotopic (exact) mass is 383 g/mol. The third-order valence-electron chi connectivity index (χ3n) is 4.38. The van der Waals surface area contributed by atoms with Gasteiger partial charge in [0.15, 0.2) is 19.8 Å². The van der Waals surface area contributed by atoms with Crippen LogP contribution in [0.15, 0.2) is 16.7 Å². The van der Waals surface area contributed by atoms with E-state index in [1.807, 2.05) is 10.7 Å². The van der Waals surface area contributed by atoms with Crippen LogP contribution in [0.2, 0.25) is 18.1 Å². The van der Waals surface area contributed by atoms with E-state index in [1.54, 1.807) is 0 Å². The quantitative estimate of drug-likeness (QED) is 0.686. The third kappa shape index (κ3) is 3.60. The maximum atomic E-state index is 6.29. The molecule has 0 aromatic carbocycles. The van der Waals surface area contributed by atoms with Crippen molar-refractivity contribution in [3.05, 3.63) is 28.1 Å². The Bertz CT molecular complexity index is 674. The number of nitrogens with zero attached hydrogens (tertiary/aromatic N) is 3. The summed E-state index contributed by atoms with van der Waals surface area (Å²) in [5.41, 5.74) is 1.98. The molecule has 2 rings (SSSR count). The fourth-order valence-corrected chi connectivity index (χ4v) is 3.34. The van der Waals surface area contributed by atoms with Crippen LogP contribution < -0.4 is 0 Å². The van der Waals surface area contributed by atoms with Gasteiger partial charge in [-0.1, -0.05) is 34.6 Å². The molecule has 2 aromatic heterocycles. The first-order valence-electron chi connectivity index (χ1n) is 7.70. The number of hydrogen-bond donors (Lipinski definition) is 0. The van der Waals surface area contributed by atoms with Crippen molar-refractivity contribution in [3.8, 4) is 0 Å². The predicted molar refractivity (Wildman–Crippen MR) is 96.8 cm³/mol. The molecule has 2 aromatic rings. The standard InChI is InChI=1S/C16H26BrN3OSi/c1-11(2)14-18-15-13(17)8-12(9-20(15)19-14)10-21-22(6,7)16(3,4)5/h8-9,11H,10H2,1-7H3. The Morgan fingerprint density at radius 1 is 1.32 bits per heavy atom. The van der Waals surface area contributed by atoms with Crippen LogP contribution in [0.5, 0.6) is 0 Å². The van der Waals surface area contributed by atoms with Gasteiger partial charge in [-0.25, -0.2) is 9.50 Å². The van der Waals surface area contributed by atoms with Crippen molar-refractivity contribution in [2.45, 2.75) is 65.3 Å². The molecule has 4 nitrogen and oxygen atoms in total. The summed E-state index contributed by atoms with van der Waals surface area (Å²) >= 11 is 3.60. The second-order valence-electron chi connectivity index (χ2n) is 7.64. The van der Waals surface area contributed by atoms with E-state index in [2.05, 4.69) is 79.8 Å². The van der Waals surface area contributed by atoms with Crippen LogP contribution in [-0.4, -0.2) is 22.9 Å². The van der Waals surface area contributed by atoms with E-state index in [0.717, 1.165) is 21.5 Å². The fourth-order valence-electron chi connectivity index (χ4n) is 1.82. The second-order valence-corrected chi connectivity index (χ2v) is 13.3. The van der Waals surface area contributed by atoms with Gasteiger partial charge in [-0.2, -0.15) is 5.10 Å². The lowest BCUT2D eigenvalue weighted by molar-refractivity contribution is 0.275. The minimum atomic E-state index is -1.75. The molecule has 0 atom stereocenters. The Balaban J connectivity index is 2.26. The first-order chi connectivity index (χ1) is 10.0. The lowest BCUT2D eigenvalue weighted by Gasteiger charge is -2.36. The van der Waals surface area contributed by atoms with Crippen LogP contribution in [0.3, 0.4) is 0 Å². The molecule has 0 aliphatic rings. The zero-order valence-corrected chi connectivity index (χ0v) is 17.2. The molecule has 0 radical (unpaired) electrons. The third-order valence-corrected chi connectivity index (χ3v) is 9.45. The highest BCUT2D eigenvalue weighted by Crippen LogP contribution is 2.37. The molecule has 0 N–H and O–H groups in total. The molecular formula is C16H26BrN3OSi. The number of hydrogen-bond acceptors (Lipinski definition) is 3. The first kappa shape index (κ1) is 17.6. The summed E-state index contributed by atoms with van der Waals surface area (Å²) in [7, 11) is -1.75. The van der Waals surface area contributed by atoms with E-state index >= 15 is 0 Å². The molecule has 0 fully saturated rings. The van der Waals surface area contributed by atoms with Gasteiger partial charge in [-0.05, 0) is 45.7 Å². The number of aromatic nitrogens is 3. The molecule has 0 bridgehead atoms. The number of fused-ring (bicyclic) bond motifs is 1. The van der Waals surface area contributed by atoms with Gasteiger partial charge in [0.25, 0.3) is 0 Å². The molecule has 0 saturated heterocycles. The number of rotatable bonds is 4. The van der Waals surface area contributed by atoms with Gasteiger partial charge in [0.2, 0.25) is 0 Å². The van der Waals surface area contributed by atoms with Gasteiger partial charge in [0.05, 0.1) is 11.1 Å². The highest BCUT2D eigenvalue weighted by atomic mass is 79.9. The van der Waals surface area contributed by atoms with Crippen LogP contribution >= 0.6 is 15.9 Å². The molecule has 0 amide bonds. The summed E-state index contributed by atoms with van der Waals surface area (Å²) in [4.78, 5) is 4.57. The molecule has 0 saturated carbocycles. The Hall–Kier alpha value is -0.723. The van der Waals surface area contributed by atoms with Crippen LogP contribution in [-0.2, 0) is 11.0 Å². The average Bonchev–Trinajstić information content (AvgIpc) is 2.80. The van der Waals surface area contributed by atoms with Crippen molar-refractivity contribution < 1.29 is 4.43 Å². The highest BCUT2D eigenvalue weighted by Gasteiger charge is 2.37. The lowest BCUT2D eigenvalue weighted by Crippen LogP contribution is -2.40. The van der Waals surface area contributed by atoms with Crippen LogP contribution in [0.1, 0.15) is 51.9 Å². The minimum Gasteiger partial charge on any atom is -0.413 e. The summed E-state index contributed by atoms with van der Waals surface area (Å²) in [5, 5.41) is 4.77. The topological polar surface area (TPSA) is 39.4 Å². The van der Waals surface area contributed by atoms with Gasteiger partial charge in [0.1, 0.15) is 0 Å². The molecule has 0 aliphatic heterocycles. The molecular weight excluding hydrogens is 358 g/mol. The lowest BCUT2D eigenvalue weighted by atomic mass is 10.2. The predicted octanol–water partition coefficient (Wildman–Crippen LogP) is 5.14. The second kappa shape index (κ2) is 6.05. The molecule has 122 valence electrons. The number of pyridine rings is 1. The van der Waals surface area contributed by atoms with Crippen molar-refractivity contribution >= 4 is 29.9 Å². The van der Waals surface area contributed by atoms with Crippen LogP contribution in [0.4, 0.5) is 0 Å². The van der Waals surface area contributed by atoms with Gasteiger partial charge in [-0.3, -0.25) is 0 Å². The van der Waals surface area contributed by atoms with Crippen LogP contribution in [0, 0.1) is 0 Å². The maximum Gasteiger partial charge on any atom is 0.192 e. The molecule has 6 heteroatoms. The Labute approximate surface area is 142 Å². The van der Waals surface area contributed by atoms with Crippen molar-refractivity contribution in [1.82, 2.24) is 14.6 Å². The SMILES string of the molecule is CC(C)c1nc2c(Br)cc(CO[Si](C)(C)C(C)(C)C)cn2n1. The fraction of sp³-hybridized carbons (Fsp3) is 0.625. The van der Waals surface area contributed by atoms with Gasteiger partial charge in [-0.15, -0.1) is 0 Å². The Morgan fingerprint density at radius 2 is 1.95 bits per heavy atom. The van der Waals surface area contributed by atoms with E-state index in [9.17, 15) is 0 Å². The van der Waals surface area contributed by atoms with E-state index < -0.39 is 8.32 Å². The van der Waals surface area contributed by atoms with Crippen molar-refractivity contribution in [2.24, 2.45) is 0 Å². The zero-order valence-electron chi connectivity index (χ0n) is 14.6. The van der Waals surface area contributed by atoms with Gasteiger partial charge in [0, 0.05) is 12.1 Å². The normalized spacial score (nSPS) is 13.3. The molecule has 2 heterocycles. The zero-order chi connectivity index (χ0) is 16.7. The van der Waals surface area contributed by atoms with Crippen molar-refractivity contribution in [3.63, 3.8) is 0 Å². The Morgan fingerprint density at radius 3 is 2.50 bits per heavy atom. The smallest absolute Gasteiger partial charge is 0.192 e. The summed E-state index contributed by atoms with van der Waals surface area (Å²) < 4.78 is 9.11. The summed E-state index contributed by atoms with van der Waals surface area (Å²) in [6.07, 6.45) is 2.02. The molecule has 0 aliphatic carbocycles. The van der Waals surface area contributed by atoms with Crippen molar-refractivity contribution in [1.29, 1.82) is 0 Å². The van der Waals surface area contributed by atoms with E-state index in [0.29, 0.717) is 12.5 Å². The first-order valence-corrected chi connectivity index (χ1v) is 11.4. The Kier molecular flexibility index (Phi) is 4.85. The molecule has 0 spiro atoms. The summed E-state index contributed by atoms with van der Waals surface area (Å²) in [6.45, 7) is 16.1.